The Hall–Kier alpha value is -3.00. The van der Waals surface area contributed by atoms with E-state index in [4.69, 9.17) is 0 Å². The number of hydrogen-bond acceptors (Lipinski definition) is 4. The molecule has 1 fully saturated rings. The summed E-state index contributed by atoms with van der Waals surface area (Å²) in [6.45, 7) is 3.22. The second kappa shape index (κ2) is 8.39. The zero-order chi connectivity index (χ0) is 18.4. The number of aryl methyl sites for hydroxylation is 1. The Labute approximate surface area is 154 Å². The van der Waals surface area contributed by atoms with Crippen LogP contribution >= 0.6 is 0 Å². The van der Waals surface area contributed by atoms with Crippen LogP contribution in [0.15, 0.2) is 54.6 Å². The molecule has 0 aromatic heterocycles. The predicted octanol–water partition coefficient (Wildman–Crippen LogP) is 3.34. The number of anilines is 1. The van der Waals surface area contributed by atoms with Gasteiger partial charge in [0, 0.05) is 18.7 Å². The van der Waals surface area contributed by atoms with Gasteiger partial charge in [-0.3, -0.25) is 4.79 Å². The first-order valence-electron chi connectivity index (χ1n) is 9.03. The molecule has 1 unspecified atom stereocenters. The van der Waals surface area contributed by atoms with Crippen molar-refractivity contribution in [1.29, 1.82) is 5.26 Å². The van der Waals surface area contributed by atoms with Crippen LogP contribution in [0.4, 0.5) is 5.69 Å². The lowest BCUT2D eigenvalue weighted by molar-refractivity contribution is -0.147. The molecule has 2 aromatic rings. The van der Waals surface area contributed by atoms with E-state index in [0.717, 1.165) is 29.7 Å². The molecule has 5 heteroatoms. The van der Waals surface area contributed by atoms with Gasteiger partial charge in [0.05, 0.1) is 6.54 Å². The van der Waals surface area contributed by atoms with Crippen molar-refractivity contribution in [2.45, 2.75) is 32.2 Å². The minimum Gasteiger partial charge on any atom is -0.373 e. The molecule has 1 amide bonds. The summed E-state index contributed by atoms with van der Waals surface area (Å²) in [6.07, 6.45) is 4.57. The summed E-state index contributed by atoms with van der Waals surface area (Å²) >= 11 is 0. The number of nitrogens with one attached hydrogen (secondary N) is 1. The number of carbonyl (C=O) groups is 1. The van der Waals surface area contributed by atoms with E-state index in [1.807, 2.05) is 61.5 Å². The maximum Gasteiger partial charge on any atom is 0.264 e. The van der Waals surface area contributed by atoms with Gasteiger partial charge >= 0.3 is 0 Å². The zero-order valence-corrected chi connectivity index (χ0v) is 15.1. The molecule has 0 bridgehead atoms. The van der Waals surface area contributed by atoms with Gasteiger partial charge in [-0.15, -0.1) is 0 Å². The molecule has 0 spiro atoms. The van der Waals surface area contributed by atoms with Crippen molar-refractivity contribution in [3.63, 3.8) is 0 Å². The molecule has 0 radical (unpaired) electrons. The lowest BCUT2D eigenvalue weighted by atomic mass is 10.0. The predicted molar refractivity (Wildman–Crippen MR) is 102 cm³/mol. The summed E-state index contributed by atoms with van der Waals surface area (Å²) in [5, 5.41) is 15.8. The number of carbonyl (C=O) groups excluding carboxylic acids is 1. The normalized spacial score (nSPS) is 15.2. The molecule has 1 heterocycles. The summed E-state index contributed by atoms with van der Waals surface area (Å²) in [6, 6.07) is 17.6. The van der Waals surface area contributed by atoms with Crippen molar-refractivity contribution in [3.05, 3.63) is 65.7 Å². The van der Waals surface area contributed by atoms with E-state index in [1.54, 1.807) is 5.01 Å². The number of nitriles is 1. The largest absolute Gasteiger partial charge is 0.373 e. The smallest absolute Gasteiger partial charge is 0.264 e. The zero-order valence-electron chi connectivity index (χ0n) is 15.1. The van der Waals surface area contributed by atoms with Gasteiger partial charge in [-0.05, 0) is 43.0 Å². The number of benzene rings is 2. The number of hydrazine groups is 1. The molecule has 134 valence electrons. The fourth-order valence-corrected chi connectivity index (χ4v) is 3.26. The maximum atomic E-state index is 13.2. The highest BCUT2D eigenvalue weighted by atomic mass is 16.2. The number of nitrogens with zero attached hydrogens (tertiary/aromatic N) is 3. The Morgan fingerprint density at radius 2 is 1.92 bits per heavy atom. The Balaban J connectivity index is 1.84. The van der Waals surface area contributed by atoms with Gasteiger partial charge in [-0.1, -0.05) is 42.5 Å². The van der Waals surface area contributed by atoms with Gasteiger partial charge in [0.2, 0.25) is 0 Å². The summed E-state index contributed by atoms with van der Waals surface area (Å²) in [4.78, 5) is 13.2. The number of rotatable bonds is 5. The van der Waals surface area contributed by atoms with E-state index in [9.17, 15) is 10.1 Å². The van der Waals surface area contributed by atoms with Crippen LogP contribution < -0.4 is 5.32 Å². The summed E-state index contributed by atoms with van der Waals surface area (Å²) < 4.78 is 0. The van der Waals surface area contributed by atoms with E-state index in [2.05, 4.69) is 11.5 Å². The fourth-order valence-electron chi connectivity index (χ4n) is 3.26. The second-order valence-corrected chi connectivity index (χ2v) is 6.65. The lowest BCUT2D eigenvalue weighted by Crippen LogP contribution is -2.53. The maximum absolute atomic E-state index is 13.2. The van der Waals surface area contributed by atoms with Crippen LogP contribution in [0, 0.1) is 18.4 Å². The van der Waals surface area contributed by atoms with Crippen LogP contribution in [-0.4, -0.2) is 35.1 Å². The van der Waals surface area contributed by atoms with Crippen molar-refractivity contribution < 1.29 is 4.79 Å². The van der Waals surface area contributed by atoms with E-state index in [-0.39, 0.29) is 5.91 Å². The molecule has 0 aliphatic carbocycles. The highest BCUT2D eigenvalue weighted by Gasteiger charge is 2.30. The van der Waals surface area contributed by atoms with Gasteiger partial charge in [-0.2, -0.15) is 5.26 Å². The van der Waals surface area contributed by atoms with Crippen molar-refractivity contribution in [2.24, 2.45) is 0 Å². The fraction of sp³-hybridized carbons (Fsp3) is 0.333. The van der Waals surface area contributed by atoms with Crippen molar-refractivity contribution in [2.75, 3.05) is 18.4 Å². The standard InChI is InChI=1S/C21H24N4O/c1-17-8-7-11-19(14-17)23-20(15-18-9-3-2-4-10-18)21(26)25-13-6-5-12-24(25)16-22/h2-4,7-11,14,20,23H,5-6,12-13,15H2,1H3. The minimum atomic E-state index is -0.423. The van der Waals surface area contributed by atoms with E-state index in [1.165, 1.54) is 5.01 Å². The van der Waals surface area contributed by atoms with Gasteiger partial charge in [0.1, 0.15) is 6.04 Å². The summed E-state index contributed by atoms with van der Waals surface area (Å²) in [5.74, 6) is -0.0587. The molecule has 1 saturated heterocycles. The third-order valence-electron chi connectivity index (χ3n) is 4.59. The van der Waals surface area contributed by atoms with Crippen LogP contribution in [0.1, 0.15) is 24.0 Å². The Morgan fingerprint density at radius 1 is 1.15 bits per heavy atom. The van der Waals surface area contributed by atoms with Gasteiger partial charge in [0.25, 0.3) is 5.91 Å². The molecule has 1 atom stereocenters. The van der Waals surface area contributed by atoms with E-state index < -0.39 is 6.04 Å². The van der Waals surface area contributed by atoms with Gasteiger partial charge in [-0.25, -0.2) is 10.0 Å². The van der Waals surface area contributed by atoms with Crippen LogP contribution in [0.25, 0.3) is 0 Å². The molecule has 1 N–H and O–H groups in total. The summed E-state index contributed by atoms with van der Waals surface area (Å²) in [5.41, 5.74) is 3.14. The van der Waals surface area contributed by atoms with Crippen LogP contribution in [-0.2, 0) is 11.2 Å². The first-order chi connectivity index (χ1) is 12.7. The van der Waals surface area contributed by atoms with E-state index >= 15 is 0 Å². The van der Waals surface area contributed by atoms with Crippen LogP contribution in [0.2, 0.25) is 0 Å². The van der Waals surface area contributed by atoms with Crippen LogP contribution in [0.3, 0.4) is 0 Å². The average Bonchev–Trinajstić information content (AvgIpc) is 2.68. The highest BCUT2D eigenvalue weighted by Crippen LogP contribution is 2.18. The number of amides is 1. The molecule has 2 aromatic carbocycles. The molecule has 26 heavy (non-hydrogen) atoms. The molecular weight excluding hydrogens is 324 g/mol. The third-order valence-corrected chi connectivity index (χ3v) is 4.59. The third kappa shape index (κ3) is 4.34. The van der Waals surface area contributed by atoms with E-state index in [0.29, 0.717) is 19.5 Å². The molecule has 0 saturated carbocycles. The SMILES string of the molecule is Cc1cccc(NC(Cc2ccccc2)C(=O)N2CCCCN2C#N)c1. The summed E-state index contributed by atoms with van der Waals surface area (Å²) in [7, 11) is 0. The average molecular weight is 348 g/mol. The van der Waals surface area contributed by atoms with Crippen LogP contribution in [0.5, 0.6) is 0 Å². The Bertz CT molecular complexity index is 784. The van der Waals surface area contributed by atoms with Gasteiger partial charge in [0.15, 0.2) is 6.19 Å². The van der Waals surface area contributed by atoms with Gasteiger partial charge < -0.3 is 5.32 Å². The molecular formula is C21H24N4O. The highest BCUT2D eigenvalue weighted by molar-refractivity contribution is 5.85. The molecule has 1 aliphatic heterocycles. The van der Waals surface area contributed by atoms with Crippen molar-refractivity contribution >= 4 is 11.6 Å². The van der Waals surface area contributed by atoms with Crippen molar-refractivity contribution in [3.8, 4) is 6.19 Å². The first kappa shape index (κ1) is 17.8. The monoisotopic (exact) mass is 348 g/mol. The van der Waals surface area contributed by atoms with Crippen molar-refractivity contribution in [1.82, 2.24) is 10.0 Å². The topological polar surface area (TPSA) is 59.4 Å². The molecule has 1 aliphatic rings. The quantitative estimate of drug-likeness (QED) is 0.842. The lowest BCUT2D eigenvalue weighted by Gasteiger charge is -2.37. The molecule has 5 nitrogen and oxygen atoms in total. The second-order valence-electron chi connectivity index (χ2n) is 6.65. The first-order valence-corrected chi connectivity index (χ1v) is 9.03. The molecule has 3 rings (SSSR count). The Morgan fingerprint density at radius 3 is 2.65 bits per heavy atom. The Kier molecular flexibility index (Phi) is 5.75. The minimum absolute atomic E-state index is 0.0587. The number of hydrogen-bond donors (Lipinski definition) is 1.